The molecule has 0 aliphatic rings. The zero-order chi connectivity index (χ0) is 23.5. The molecule has 0 spiro atoms. The number of amides is 1. The summed E-state index contributed by atoms with van der Waals surface area (Å²) in [6, 6.07) is 14.9. The molecule has 0 aliphatic heterocycles. The molecule has 0 aliphatic carbocycles. The lowest BCUT2D eigenvalue weighted by Gasteiger charge is -2.21. The Hall–Kier alpha value is -2.71. The number of carbonyl (C=O) groups excluding carboxylic acids is 1. The average molecular weight is 457 g/mol. The Morgan fingerprint density at radius 3 is 2.44 bits per heavy atom. The second-order valence-electron chi connectivity index (χ2n) is 8.69. The predicted octanol–water partition coefficient (Wildman–Crippen LogP) is 3.66. The van der Waals surface area contributed by atoms with Crippen molar-refractivity contribution in [2.45, 2.75) is 44.0 Å². The molecule has 2 aromatic carbocycles. The molecule has 8 heteroatoms. The Labute approximate surface area is 190 Å². The maximum atomic E-state index is 12.7. The lowest BCUT2D eigenvalue weighted by atomic mass is 9.97. The number of rotatable bonds is 9. The van der Waals surface area contributed by atoms with Crippen LogP contribution in [0.25, 0.3) is 11.0 Å². The van der Waals surface area contributed by atoms with Crippen molar-refractivity contribution in [1.29, 1.82) is 0 Å². The molecule has 0 radical (unpaired) electrons. The number of aromatic nitrogens is 2. The summed E-state index contributed by atoms with van der Waals surface area (Å²) in [6.07, 6.45) is 1.64. The van der Waals surface area contributed by atoms with Crippen molar-refractivity contribution in [1.82, 2.24) is 19.2 Å². The zero-order valence-electron chi connectivity index (χ0n) is 19.4. The summed E-state index contributed by atoms with van der Waals surface area (Å²) in [6.45, 7) is 4.29. The van der Waals surface area contributed by atoms with E-state index < -0.39 is 10.0 Å². The van der Waals surface area contributed by atoms with Crippen molar-refractivity contribution >= 4 is 27.0 Å². The summed E-state index contributed by atoms with van der Waals surface area (Å²) >= 11 is 0. The van der Waals surface area contributed by atoms with Gasteiger partial charge < -0.3 is 9.88 Å². The largest absolute Gasteiger partial charge is 0.349 e. The van der Waals surface area contributed by atoms with Gasteiger partial charge in [-0.2, -0.15) is 0 Å². The van der Waals surface area contributed by atoms with Crippen LogP contribution in [-0.4, -0.2) is 42.3 Å². The minimum Gasteiger partial charge on any atom is -0.349 e. The number of fused-ring (bicyclic) bond motifs is 1. The second kappa shape index (κ2) is 9.83. The van der Waals surface area contributed by atoms with Gasteiger partial charge in [0, 0.05) is 34.0 Å². The van der Waals surface area contributed by atoms with Gasteiger partial charge in [0.05, 0.1) is 22.0 Å². The van der Waals surface area contributed by atoms with E-state index in [1.165, 1.54) is 18.4 Å². The van der Waals surface area contributed by atoms with Crippen LogP contribution in [0.2, 0.25) is 0 Å². The quantitative estimate of drug-likeness (QED) is 0.533. The third-order valence-electron chi connectivity index (χ3n) is 5.54. The summed E-state index contributed by atoms with van der Waals surface area (Å²) < 4.78 is 27.9. The molecule has 32 heavy (non-hydrogen) atoms. The number of benzene rings is 2. The molecule has 0 saturated heterocycles. The van der Waals surface area contributed by atoms with Gasteiger partial charge in [0.2, 0.25) is 15.9 Å². The lowest BCUT2D eigenvalue weighted by molar-refractivity contribution is -0.121. The molecule has 3 rings (SSSR count). The molecule has 0 saturated carbocycles. The molecular formula is C24H32N4O3S. The number of nitrogens with one attached hydrogen (secondary N) is 1. The van der Waals surface area contributed by atoms with Crippen LogP contribution < -0.4 is 5.32 Å². The fourth-order valence-corrected chi connectivity index (χ4v) is 4.67. The second-order valence-corrected chi connectivity index (χ2v) is 10.8. The molecule has 3 aromatic rings. The third kappa shape index (κ3) is 5.37. The van der Waals surface area contributed by atoms with Crippen LogP contribution in [0.3, 0.4) is 0 Å². The Morgan fingerprint density at radius 2 is 1.81 bits per heavy atom. The molecule has 1 aromatic heterocycles. The molecule has 0 fully saturated rings. The third-order valence-corrected chi connectivity index (χ3v) is 7.35. The summed E-state index contributed by atoms with van der Waals surface area (Å²) in [5.74, 6) is 1.17. The monoisotopic (exact) mass is 456 g/mol. The molecular weight excluding hydrogens is 424 g/mol. The summed E-state index contributed by atoms with van der Waals surface area (Å²) in [4.78, 5) is 17.5. The molecule has 1 atom stereocenters. The molecule has 1 unspecified atom stereocenters. The first kappa shape index (κ1) is 23.9. The fourth-order valence-electron chi connectivity index (χ4n) is 3.75. The van der Waals surface area contributed by atoms with Gasteiger partial charge in [-0.15, -0.1) is 0 Å². The maximum absolute atomic E-state index is 12.7. The average Bonchev–Trinajstić information content (AvgIpc) is 3.07. The van der Waals surface area contributed by atoms with Gasteiger partial charge in [-0.1, -0.05) is 44.2 Å². The molecule has 1 heterocycles. The van der Waals surface area contributed by atoms with Crippen LogP contribution in [0.4, 0.5) is 0 Å². The van der Waals surface area contributed by atoms with Crippen molar-refractivity contribution in [2.24, 2.45) is 13.0 Å². The van der Waals surface area contributed by atoms with Gasteiger partial charge in [0.1, 0.15) is 5.82 Å². The maximum Gasteiger partial charge on any atom is 0.242 e. The van der Waals surface area contributed by atoms with Crippen LogP contribution in [0.1, 0.15) is 44.1 Å². The number of hydrogen-bond donors (Lipinski definition) is 1. The number of hydrogen-bond acceptors (Lipinski definition) is 4. The smallest absolute Gasteiger partial charge is 0.242 e. The highest BCUT2D eigenvalue weighted by Gasteiger charge is 2.20. The van der Waals surface area contributed by atoms with E-state index in [1.54, 1.807) is 18.2 Å². The van der Waals surface area contributed by atoms with E-state index in [4.69, 9.17) is 0 Å². The minimum absolute atomic E-state index is 0.0251. The summed E-state index contributed by atoms with van der Waals surface area (Å²) in [5.41, 5.74) is 2.54. The molecule has 172 valence electrons. The van der Waals surface area contributed by atoms with Crippen molar-refractivity contribution < 1.29 is 13.2 Å². The van der Waals surface area contributed by atoms with E-state index in [-0.39, 0.29) is 16.8 Å². The fraction of sp³-hybridized carbons (Fsp3) is 0.417. The van der Waals surface area contributed by atoms with Crippen LogP contribution in [0.5, 0.6) is 0 Å². The van der Waals surface area contributed by atoms with Gasteiger partial charge in [0.25, 0.3) is 0 Å². The van der Waals surface area contributed by atoms with E-state index in [0.717, 1.165) is 23.3 Å². The van der Waals surface area contributed by atoms with Crippen LogP contribution in [0.15, 0.2) is 53.4 Å². The highest BCUT2D eigenvalue weighted by Crippen LogP contribution is 2.23. The first-order valence-electron chi connectivity index (χ1n) is 10.8. The minimum atomic E-state index is -3.53. The SMILES string of the molecule is CC(C)CC(NC(=O)CCc1nc2cc(S(=O)(=O)N(C)C)ccc2n1C)c1ccccc1. The van der Waals surface area contributed by atoms with Gasteiger partial charge >= 0.3 is 0 Å². The number of aryl methyl sites for hydroxylation is 2. The van der Waals surface area contributed by atoms with E-state index in [9.17, 15) is 13.2 Å². The van der Waals surface area contributed by atoms with Crippen molar-refractivity contribution in [3.63, 3.8) is 0 Å². The van der Waals surface area contributed by atoms with Crippen molar-refractivity contribution in [2.75, 3.05) is 14.1 Å². The van der Waals surface area contributed by atoms with Crippen LogP contribution in [-0.2, 0) is 28.3 Å². The molecule has 7 nitrogen and oxygen atoms in total. The number of sulfonamides is 1. The predicted molar refractivity (Wildman–Crippen MR) is 127 cm³/mol. The first-order valence-corrected chi connectivity index (χ1v) is 12.3. The Bertz CT molecular complexity index is 1180. The van der Waals surface area contributed by atoms with E-state index >= 15 is 0 Å². The standard InChI is InChI=1S/C24H32N4O3S/c1-17(2)15-20(18-9-7-6-8-10-18)26-24(29)14-13-23-25-21-16-19(32(30,31)27(3)4)11-12-22(21)28(23)5/h6-12,16-17,20H,13-15H2,1-5H3,(H,26,29). The van der Waals surface area contributed by atoms with Gasteiger partial charge in [0.15, 0.2) is 0 Å². The molecule has 1 amide bonds. The molecule has 0 bridgehead atoms. The van der Waals surface area contributed by atoms with Gasteiger partial charge in [-0.25, -0.2) is 17.7 Å². The summed E-state index contributed by atoms with van der Waals surface area (Å²) in [5, 5.41) is 3.17. The highest BCUT2D eigenvalue weighted by atomic mass is 32.2. The zero-order valence-corrected chi connectivity index (χ0v) is 20.2. The number of imidazole rings is 1. The Balaban J connectivity index is 1.73. The summed E-state index contributed by atoms with van der Waals surface area (Å²) in [7, 11) is 1.36. The van der Waals surface area contributed by atoms with Gasteiger partial charge in [-0.05, 0) is 36.1 Å². The first-order chi connectivity index (χ1) is 15.1. The highest BCUT2D eigenvalue weighted by molar-refractivity contribution is 7.89. The van der Waals surface area contributed by atoms with Crippen molar-refractivity contribution in [3.05, 3.63) is 59.9 Å². The number of nitrogens with zero attached hydrogens (tertiary/aromatic N) is 3. The molecule has 1 N–H and O–H groups in total. The Morgan fingerprint density at radius 1 is 1.12 bits per heavy atom. The van der Waals surface area contributed by atoms with Gasteiger partial charge in [-0.3, -0.25) is 4.79 Å². The normalized spacial score (nSPS) is 13.1. The number of carbonyl (C=O) groups is 1. The van der Waals surface area contributed by atoms with E-state index in [0.29, 0.717) is 24.3 Å². The van der Waals surface area contributed by atoms with E-state index in [2.05, 4.69) is 24.1 Å². The van der Waals surface area contributed by atoms with Crippen molar-refractivity contribution in [3.8, 4) is 0 Å². The van der Waals surface area contributed by atoms with Crippen LogP contribution in [0, 0.1) is 5.92 Å². The van der Waals surface area contributed by atoms with E-state index in [1.807, 2.05) is 41.9 Å². The lowest BCUT2D eigenvalue weighted by Crippen LogP contribution is -2.29. The Kier molecular flexibility index (Phi) is 7.36. The van der Waals surface area contributed by atoms with Crippen LogP contribution >= 0.6 is 0 Å². The topological polar surface area (TPSA) is 84.3 Å².